The molecule has 138 valence electrons. The maximum atomic E-state index is 12.4. The van der Waals surface area contributed by atoms with Gasteiger partial charge in [-0.2, -0.15) is 0 Å². The standard InChI is InChI=1S/C20H24N2O4/c1-5-15(4)11-17-18(14(2)3)19(23)22(25)20(24)21(17)13-26-12-16-9-7-6-8-10-16/h5-10,14,25H,1,4,11-13H2,2-3H3. The Bertz CT molecular complexity index is 908. The van der Waals surface area contributed by atoms with Crippen LogP contribution in [0.25, 0.3) is 0 Å². The third-order valence-corrected chi connectivity index (χ3v) is 4.06. The lowest BCUT2D eigenvalue weighted by atomic mass is 9.98. The predicted molar refractivity (Wildman–Crippen MR) is 101 cm³/mol. The molecule has 1 aromatic carbocycles. The summed E-state index contributed by atoms with van der Waals surface area (Å²) in [6, 6.07) is 9.53. The van der Waals surface area contributed by atoms with Crippen LogP contribution in [-0.2, 0) is 24.5 Å². The maximum Gasteiger partial charge on any atom is 0.366 e. The van der Waals surface area contributed by atoms with E-state index in [1.54, 1.807) is 6.08 Å². The van der Waals surface area contributed by atoms with Crippen LogP contribution in [0.3, 0.4) is 0 Å². The summed E-state index contributed by atoms with van der Waals surface area (Å²) in [6.07, 6.45) is 1.85. The first-order valence-corrected chi connectivity index (χ1v) is 8.36. The van der Waals surface area contributed by atoms with E-state index in [2.05, 4.69) is 13.2 Å². The van der Waals surface area contributed by atoms with Gasteiger partial charge >= 0.3 is 5.69 Å². The van der Waals surface area contributed by atoms with Gasteiger partial charge in [0.15, 0.2) is 0 Å². The molecule has 0 fully saturated rings. The van der Waals surface area contributed by atoms with Crippen molar-refractivity contribution >= 4 is 0 Å². The topological polar surface area (TPSA) is 73.5 Å². The molecule has 0 aliphatic heterocycles. The number of benzene rings is 1. The van der Waals surface area contributed by atoms with Crippen molar-refractivity contribution in [2.75, 3.05) is 0 Å². The van der Waals surface area contributed by atoms with Crippen molar-refractivity contribution in [1.82, 2.24) is 9.30 Å². The molecule has 1 heterocycles. The summed E-state index contributed by atoms with van der Waals surface area (Å²) in [7, 11) is 0. The SMILES string of the molecule is C=CC(=C)Cc1c(C(C)C)c(=O)n(O)c(=O)n1COCc1ccccc1. The predicted octanol–water partition coefficient (Wildman–Crippen LogP) is 2.83. The zero-order chi connectivity index (χ0) is 19.3. The Morgan fingerprint density at radius 3 is 2.50 bits per heavy atom. The van der Waals surface area contributed by atoms with Gasteiger partial charge in [0, 0.05) is 17.7 Å². The zero-order valence-corrected chi connectivity index (χ0v) is 15.1. The molecule has 6 nitrogen and oxygen atoms in total. The van der Waals surface area contributed by atoms with Crippen LogP contribution >= 0.6 is 0 Å². The third-order valence-electron chi connectivity index (χ3n) is 4.06. The fourth-order valence-electron chi connectivity index (χ4n) is 2.72. The highest BCUT2D eigenvalue weighted by molar-refractivity contribution is 5.29. The van der Waals surface area contributed by atoms with E-state index in [0.29, 0.717) is 23.4 Å². The van der Waals surface area contributed by atoms with Crippen LogP contribution in [0.2, 0.25) is 0 Å². The number of ether oxygens (including phenoxy) is 1. The Morgan fingerprint density at radius 2 is 1.92 bits per heavy atom. The van der Waals surface area contributed by atoms with Crippen LogP contribution in [0.4, 0.5) is 0 Å². The summed E-state index contributed by atoms with van der Waals surface area (Å²) < 4.78 is 7.07. The molecule has 0 saturated carbocycles. The van der Waals surface area contributed by atoms with Gasteiger partial charge in [0.25, 0.3) is 5.56 Å². The summed E-state index contributed by atoms with van der Waals surface area (Å²) in [4.78, 5) is 24.8. The summed E-state index contributed by atoms with van der Waals surface area (Å²) in [5.74, 6) is -0.186. The number of rotatable bonds is 8. The number of hydrogen-bond acceptors (Lipinski definition) is 4. The Hall–Kier alpha value is -2.86. The first-order chi connectivity index (χ1) is 12.4. The monoisotopic (exact) mass is 356 g/mol. The minimum atomic E-state index is -0.834. The average Bonchev–Trinajstić information content (AvgIpc) is 2.63. The van der Waals surface area contributed by atoms with Crippen LogP contribution in [0, 0.1) is 0 Å². The van der Waals surface area contributed by atoms with Gasteiger partial charge in [-0.25, -0.2) is 4.79 Å². The number of allylic oxidation sites excluding steroid dienone is 2. The Morgan fingerprint density at radius 1 is 1.27 bits per heavy atom. The molecule has 0 atom stereocenters. The molecule has 0 saturated heterocycles. The van der Waals surface area contributed by atoms with Crippen molar-refractivity contribution in [1.29, 1.82) is 0 Å². The van der Waals surface area contributed by atoms with Crippen LogP contribution in [0.1, 0.15) is 36.6 Å². The highest BCUT2D eigenvalue weighted by atomic mass is 16.5. The maximum absolute atomic E-state index is 12.4. The first-order valence-electron chi connectivity index (χ1n) is 8.36. The molecule has 0 amide bonds. The van der Waals surface area contributed by atoms with E-state index in [-0.39, 0.29) is 23.8 Å². The molecule has 2 rings (SSSR count). The number of hydrogen-bond donors (Lipinski definition) is 1. The van der Waals surface area contributed by atoms with Gasteiger partial charge in [-0.1, -0.05) is 68.1 Å². The second kappa shape index (κ2) is 8.49. The molecule has 26 heavy (non-hydrogen) atoms. The average molecular weight is 356 g/mol. The second-order valence-electron chi connectivity index (χ2n) is 6.34. The van der Waals surface area contributed by atoms with Gasteiger partial charge in [0.05, 0.1) is 6.61 Å². The van der Waals surface area contributed by atoms with Gasteiger partial charge < -0.3 is 9.94 Å². The molecule has 1 N–H and O–H groups in total. The second-order valence-corrected chi connectivity index (χ2v) is 6.34. The molecule has 0 aliphatic rings. The molecule has 6 heteroatoms. The summed E-state index contributed by atoms with van der Waals surface area (Å²) in [6.45, 7) is 11.4. The van der Waals surface area contributed by atoms with Crippen molar-refractivity contribution in [2.45, 2.75) is 39.5 Å². The van der Waals surface area contributed by atoms with E-state index in [0.717, 1.165) is 5.56 Å². The molecule has 0 unspecified atom stereocenters. The largest absolute Gasteiger partial charge is 0.421 e. The molecule has 0 bridgehead atoms. The lowest BCUT2D eigenvalue weighted by Crippen LogP contribution is -2.43. The minimum Gasteiger partial charge on any atom is -0.421 e. The van der Waals surface area contributed by atoms with Crippen molar-refractivity contribution in [3.05, 3.63) is 92.8 Å². The van der Waals surface area contributed by atoms with Crippen LogP contribution < -0.4 is 11.2 Å². The lowest BCUT2D eigenvalue weighted by molar-refractivity contribution is 0.0498. The van der Waals surface area contributed by atoms with Crippen molar-refractivity contribution in [3.8, 4) is 0 Å². The van der Waals surface area contributed by atoms with Gasteiger partial charge in [-0.3, -0.25) is 9.36 Å². The van der Waals surface area contributed by atoms with E-state index >= 15 is 0 Å². The molecular weight excluding hydrogens is 332 g/mol. The highest BCUT2D eigenvalue weighted by Crippen LogP contribution is 2.18. The lowest BCUT2D eigenvalue weighted by Gasteiger charge is -2.19. The first kappa shape index (κ1) is 19.5. The quantitative estimate of drug-likeness (QED) is 0.583. The molecule has 0 spiro atoms. The van der Waals surface area contributed by atoms with E-state index in [1.165, 1.54) is 4.57 Å². The number of aromatic nitrogens is 2. The Balaban J connectivity index is 2.44. The van der Waals surface area contributed by atoms with Crippen molar-refractivity contribution < 1.29 is 9.94 Å². The molecule has 2 aromatic rings. The zero-order valence-electron chi connectivity index (χ0n) is 15.1. The van der Waals surface area contributed by atoms with Gasteiger partial charge in [0.1, 0.15) is 6.73 Å². The van der Waals surface area contributed by atoms with E-state index in [9.17, 15) is 14.8 Å². The molecule has 1 aromatic heterocycles. The van der Waals surface area contributed by atoms with E-state index in [4.69, 9.17) is 4.74 Å². The summed E-state index contributed by atoms with van der Waals surface area (Å²) >= 11 is 0. The van der Waals surface area contributed by atoms with Gasteiger partial charge in [-0.05, 0) is 17.1 Å². The Labute approximate surface area is 152 Å². The third kappa shape index (κ3) is 4.21. The number of nitrogens with zero attached hydrogens (tertiary/aromatic N) is 2. The van der Waals surface area contributed by atoms with Crippen LogP contribution in [0.15, 0.2) is 64.7 Å². The molecular formula is C20H24N2O4. The Kier molecular flexibility index (Phi) is 6.36. The molecule has 0 aliphatic carbocycles. The summed E-state index contributed by atoms with van der Waals surface area (Å²) in [5.41, 5.74) is 0.921. The van der Waals surface area contributed by atoms with Crippen molar-refractivity contribution in [3.63, 3.8) is 0 Å². The minimum absolute atomic E-state index is 0.0892. The fraction of sp³-hybridized carbons (Fsp3) is 0.300. The van der Waals surface area contributed by atoms with E-state index in [1.807, 2.05) is 44.2 Å². The van der Waals surface area contributed by atoms with Gasteiger partial charge in [0.2, 0.25) is 0 Å². The smallest absolute Gasteiger partial charge is 0.366 e. The van der Waals surface area contributed by atoms with Crippen LogP contribution in [-0.4, -0.2) is 14.5 Å². The van der Waals surface area contributed by atoms with Crippen molar-refractivity contribution in [2.24, 2.45) is 0 Å². The molecule has 0 radical (unpaired) electrons. The summed E-state index contributed by atoms with van der Waals surface area (Å²) in [5, 5.41) is 9.92. The van der Waals surface area contributed by atoms with Crippen LogP contribution in [0.5, 0.6) is 0 Å². The fourth-order valence-corrected chi connectivity index (χ4v) is 2.72. The van der Waals surface area contributed by atoms with E-state index < -0.39 is 11.2 Å². The normalized spacial score (nSPS) is 10.9. The van der Waals surface area contributed by atoms with Gasteiger partial charge in [-0.15, -0.1) is 0 Å². The highest BCUT2D eigenvalue weighted by Gasteiger charge is 2.21.